The largest absolute Gasteiger partial charge is 0.469 e. The minimum absolute atomic E-state index is 0.0238. The topological polar surface area (TPSA) is 190 Å². The molecule has 4 N–H and O–H groups in total. The molecule has 0 saturated heterocycles. The van der Waals surface area contributed by atoms with Crippen molar-refractivity contribution in [3.05, 3.63) is 0 Å². The number of ether oxygens (including phenoxy) is 2. The van der Waals surface area contributed by atoms with E-state index in [1.807, 2.05) is 34.6 Å². The number of nitrogens with zero attached hydrogens (tertiary/aromatic N) is 3. The van der Waals surface area contributed by atoms with Gasteiger partial charge in [-0.1, -0.05) is 27.7 Å². The Balaban J connectivity index is 0.000000250. The fourth-order valence-corrected chi connectivity index (χ4v) is 4.90. The number of hydrogen-bond acceptors (Lipinski definition) is 12. The predicted molar refractivity (Wildman–Crippen MR) is 201 cm³/mol. The van der Waals surface area contributed by atoms with Gasteiger partial charge in [0.05, 0.1) is 44.1 Å². The van der Waals surface area contributed by atoms with E-state index in [0.29, 0.717) is 43.6 Å². The molecule has 1 aliphatic heterocycles. The summed E-state index contributed by atoms with van der Waals surface area (Å²) in [6.45, 7) is 18.7. The molecule has 52 heavy (non-hydrogen) atoms. The number of carbonyl (C=O) groups is 3. The van der Waals surface area contributed by atoms with Crippen LogP contribution in [-0.2, 0) is 33.4 Å². The van der Waals surface area contributed by atoms with Gasteiger partial charge in [-0.3, -0.25) is 25.0 Å². The summed E-state index contributed by atoms with van der Waals surface area (Å²) in [5.41, 5.74) is 4.07. The number of amides is 2. The summed E-state index contributed by atoms with van der Waals surface area (Å²) in [5, 5.41) is 14.4. The molecule has 5 aliphatic carbocycles. The fourth-order valence-electron chi connectivity index (χ4n) is 4.40. The molecule has 0 atom stereocenters. The smallest absolute Gasteiger partial charge is 0.410 e. The Bertz CT molecular complexity index is 1360. The molecule has 2 amide bonds. The molecule has 1 heterocycles. The molecule has 0 bridgehead atoms. The second-order valence-electron chi connectivity index (χ2n) is 18.4. The van der Waals surface area contributed by atoms with Gasteiger partial charge in [0.15, 0.2) is 0 Å². The zero-order valence-electron chi connectivity index (χ0n) is 33.9. The number of aliphatic hydroxyl groups excluding tert-OH is 1. The quantitative estimate of drug-likeness (QED) is 0.111. The van der Waals surface area contributed by atoms with Crippen molar-refractivity contribution in [1.29, 1.82) is 0 Å². The number of rotatable bonds is 11. The van der Waals surface area contributed by atoms with E-state index in [2.05, 4.69) is 40.2 Å². The van der Waals surface area contributed by atoms with E-state index in [9.17, 15) is 22.8 Å². The van der Waals surface area contributed by atoms with Crippen LogP contribution in [0.3, 0.4) is 0 Å². The maximum Gasteiger partial charge on any atom is 0.410 e. The summed E-state index contributed by atoms with van der Waals surface area (Å²) in [6.07, 6.45) is 12.6. The lowest BCUT2D eigenvalue weighted by atomic mass is 10.1. The Morgan fingerprint density at radius 2 is 1.42 bits per heavy atom. The highest BCUT2D eigenvalue weighted by molar-refractivity contribution is 7.85. The standard InChI is InChI=1S/C15H25N3O3.C6H12O3S.C6H10O2.C5H12N2.C5H10O/c1-14(2,3)21-13(20)17(5)9-11-8-12(19)18(16-11)10-15(4)6-7-15;1-6(3-4-6)5-9-10(2,7)8;1-6(3-4-6)5(7)8-2;1-5(2-3-5)4-7-6;1-5(4-6)2-3-5/h6-10H2,1-5H3;3-5H2,1-2H3;3-4H2,1-2H3;7H,2-4,6H2,1H3;6H,2-4H2,1H3. The normalized spacial score (nSPS) is 22.4. The number of hydrogen-bond donors (Lipinski definition) is 3. The van der Waals surface area contributed by atoms with Gasteiger partial charge in [-0.05, 0) is 114 Å². The Hall–Kier alpha value is -2.33. The molecule has 0 aromatic heterocycles. The Labute approximate surface area is 313 Å². The third-order valence-electron chi connectivity index (χ3n) is 10.2. The molecule has 5 saturated carbocycles. The van der Waals surface area contributed by atoms with Crippen molar-refractivity contribution in [2.24, 2.45) is 38.0 Å². The van der Waals surface area contributed by atoms with Gasteiger partial charge in [-0.15, -0.1) is 0 Å². The maximum atomic E-state index is 11.9. The number of esters is 1. The molecule has 0 aromatic carbocycles. The summed E-state index contributed by atoms with van der Waals surface area (Å²) in [4.78, 5) is 36.0. The lowest BCUT2D eigenvalue weighted by Crippen LogP contribution is -2.37. The van der Waals surface area contributed by atoms with Gasteiger partial charge in [0, 0.05) is 26.7 Å². The van der Waals surface area contributed by atoms with E-state index in [4.69, 9.17) is 15.7 Å². The van der Waals surface area contributed by atoms with Gasteiger partial charge in [-0.2, -0.15) is 13.5 Å². The zero-order chi connectivity index (χ0) is 39.8. The van der Waals surface area contributed by atoms with Crippen LogP contribution in [0.25, 0.3) is 0 Å². The maximum absolute atomic E-state index is 11.9. The van der Waals surface area contributed by atoms with Gasteiger partial charge < -0.3 is 19.5 Å². The summed E-state index contributed by atoms with van der Waals surface area (Å²) in [7, 11) is -0.122. The number of carbonyl (C=O) groups excluding carboxylic acids is 3. The number of methoxy groups -OCH3 is 1. The van der Waals surface area contributed by atoms with Gasteiger partial charge in [-0.25, -0.2) is 9.80 Å². The molecule has 0 aromatic rings. The lowest BCUT2D eigenvalue weighted by Gasteiger charge is -2.24. The highest BCUT2D eigenvalue weighted by Gasteiger charge is 2.46. The van der Waals surface area contributed by atoms with Crippen molar-refractivity contribution >= 4 is 33.8 Å². The Kier molecular flexibility index (Phi) is 15.7. The number of nitrogens with one attached hydrogen (secondary N) is 1. The highest BCUT2D eigenvalue weighted by atomic mass is 32.2. The average Bonchev–Trinajstić information content (AvgIpc) is 3.78. The molecule has 0 unspecified atom stereocenters. The van der Waals surface area contributed by atoms with E-state index < -0.39 is 21.8 Å². The molecule has 6 rings (SSSR count). The molecule has 5 fully saturated rings. The number of hydrazone groups is 1. The lowest BCUT2D eigenvalue weighted by molar-refractivity contribution is -0.146. The number of aliphatic hydroxyl groups is 1. The first-order valence-electron chi connectivity index (χ1n) is 18.5. The third kappa shape index (κ3) is 18.6. The van der Waals surface area contributed by atoms with E-state index in [1.54, 1.807) is 12.1 Å². The molecule has 6 aliphatic rings. The zero-order valence-corrected chi connectivity index (χ0v) is 34.7. The van der Waals surface area contributed by atoms with Crippen molar-refractivity contribution < 1.29 is 41.6 Å². The minimum atomic E-state index is -3.22. The highest BCUT2D eigenvalue weighted by Crippen LogP contribution is 2.47. The van der Waals surface area contributed by atoms with Crippen LogP contribution in [-0.4, -0.2) is 106 Å². The summed E-state index contributed by atoms with van der Waals surface area (Å²) in [5.74, 6) is 5.07. The van der Waals surface area contributed by atoms with Crippen LogP contribution in [0.4, 0.5) is 4.79 Å². The van der Waals surface area contributed by atoms with Crippen LogP contribution in [0.2, 0.25) is 0 Å². The predicted octanol–water partition coefficient (Wildman–Crippen LogP) is 4.99. The number of nitrogens with two attached hydrogens (primary N) is 1. The van der Waals surface area contributed by atoms with Crippen molar-refractivity contribution in [2.45, 2.75) is 132 Å². The first-order valence-corrected chi connectivity index (χ1v) is 20.3. The van der Waals surface area contributed by atoms with Crippen LogP contribution < -0.4 is 11.3 Å². The summed E-state index contributed by atoms with van der Waals surface area (Å²) < 4.78 is 35.4. The van der Waals surface area contributed by atoms with Crippen molar-refractivity contribution in [3.63, 3.8) is 0 Å². The Morgan fingerprint density at radius 3 is 1.73 bits per heavy atom. The second-order valence-corrected chi connectivity index (χ2v) is 20.1. The third-order valence-corrected chi connectivity index (χ3v) is 10.7. The van der Waals surface area contributed by atoms with E-state index in [1.165, 1.54) is 37.7 Å². The summed E-state index contributed by atoms with van der Waals surface area (Å²) in [6, 6.07) is 0. The number of hydrazine groups is 1. The van der Waals surface area contributed by atoms with Crippen LogP contribution in [0.15, 0.2) is 5.10 Å². The molecule has 0 radical (unpaired) electrons. The van der Waals surface area contributed by atoms with Gasteiger partial charge in [0.2, 0.25) is 5.91 Å². The van der Waals surface area contributed by atoms with Crippen molar-refractivity contribution in [3.8, 4) is 0 Å². The minimum Gasteiger partial charge on any atom is -0.469 e. The molecule has 14 nitrogen and oxygen atoms in total. The van der Waals surface area contributed by atoms with Crippen LogP contribution in [0.1, 0.15) is 126 Å². The van der Waals surface area contributed by atoms with E-state index in [0.717, 1.165) is 57.0 Å². The van der Waals surface area contributed by atoms with Gasteiger partial charge in [0.25, 0.3) is 10.1 Å². The van der Waals surface area contributed by atoms with Crippen molar-refractivity contribution in [2.75, 3.05) is 53.3 Å². The molecule has 15 heteroatoms. The van der Waals surface area contributed by atoms with E-state index in [-0.39, 0.29) is 28.1 Å². The molecular formula is C37H69N5O9S. The first-order chi connectivity index (χ1) is 23.7. The van der Waals surface area contributed by atoms with Gasteiger partial charge in [0.1, 0.15) is 5.60 Å². The monoisotopic (exact) mass is 759 g/mol. The fraction of sp³-hybridized carbons (Fsp3) is 0.892. The Morgan fingerprint density at radius 1 is 0.923 bits per heavy atom. The first kappa shape index (κ1) is 45.8. The van der Waals surface area contributed by atoms with Crippen molar-refractivity contribution in [1.82, 2.24) is 15.3 Å². The van der Waals surface area contributed by atoms with Crippen LogP contribution in [0, 0.1) is 27.1 Å². The van der Waals surface area contributed by atoms with E-state index >= 15 is 0 Å². The average molecular weight is 760 g/mol. The summed E-state index contributed by atoms with van der Waals surface area (Å²) >= 11 is 0. The van der Waals surface area contributed by atoms with Gasteiger partial charge >= 0.3 is 12.1 Å². The van der Waals surface area contributed by atoms with Crippen LogP contribution in [0.5, 0.6) is 0 Å². The molecule has 302 valence electrons. The molecular weight excluding hydrogens is 691 g/mol. The molecule has 0 spiro atoms. The SMILES string of the molecule is CC1(CNN)CC1.CC1(CO)CC1.CC1(COS(C)(=O)=O)CC1.CN(CC1=NN(CC2(C)CC2)C(=O)C1)C(=O)OC(C)(C)C.COC(=O)C1(C)CC1. The second kappa shape index (κ2) is 17.9. The van der Waals surface area contributed by atoms with Crippen LogP contribution >= 0.6 is 0 Å².